The second kappa shape index (κ2) is 12.5. The first-order chi connectivity index (χ1) is 18.0. The van der Waals surface area contributed by atoms with Crippen molar-refractivity contribution in [2.45, 2.75) is 25.7 Å². The van der Waals surface area contributed by atoms with Gasteiger partial charge in [-0.15, -0.1) is 11.3 Å². The van der Waals surface area contributed by atoms with E-state index in [0.29, 0.717) is 53.7 Å². The molecule has 3 heterocycles. The summed E-state index contributed by atoms with van der Waals surface area (Å²) < 4.78 is 11.1. The number of ether oxygens (including phenoxy) is 2. The van der Waals surface area contributed by atoms with Crippen molar-refractivity contribution in [3.8, 4) is 17.6 Å². The van der Waals surface area contributed by atoms with Crippen molar-refractivity contribution in [1.82, 2.24) is 24.8 Å². The number of carbonyl (C=O) groups is 1. The van der Waals surface area contributed by atoms with Crippen molar-refractivity contribution < 1.29 is 14.3 Å². The summed E-state index contributed by atoms with van der Waals surface area (Å²) in [5.74, 6) is 2.66. The minimum Gasteiger partial charge on any atom is -0.493 e. The molecule has 1 atom stereocenters. The highest BCUT2D eigenvalue weighted by Crippen LogP contribution is 2.29. The summed E-state index contributed by atoms with van der Waals surface area (Å²) in [7, 11) is 3.32. The predicted molar refractivity (Wildman–Crippen MR) is 142 cm³/mol. The maximum Gasteiger partial charge on any atom is 0.273 e. The average molecular weight is 522 g/mol. The minimum absolute atomic E-state index is 0.188. The molecule has 0 unspecified atom stereocenters. The van der Waals surface area contributed by atoms with Crippen LogP contribution in [-0.4, -0.2) is 77.6 Å². The van der Waals surface area contributed by atoms with Crippen LogP contribution in [-0.2, 0) is 0 Å². The Morgan fingerprint density at radius 1 is 1.30 bits per heavy atom. The summed E-state index contributed by atoms with van der Waals surface area (Å²) in [6, 6.07) is 11.6. The van der Waals surface area contributed by atoms with E-state index in [2.05, 4.69) is 31.2 Å². The molecule has 1 fully saturated rings. The third-order valence-electron chi connectivity index (χ3n) is 6.13. The Balaban J connectivity index is 1.35. The summed E-state index contributed by atoms with van der Waals surface area (Å²) >= 11 is 1.35. The molecule has 4 rings (SSSR count). The molecule has 0 aliphatic carbocycles. The lowest BCUT2D eigenvalue weighted by Gasteiger charge is -2.30. The molecule has 0 spiro atoms. The lowest BCUT2D eigenvalue weighted by atomic mass is 9.94. The molecule has 1 N–H and O–H groups in total. The number of benzene rings is 1. The third kappa shape index (κ3) is 6.93. The van der Waals surface area contributed by atoms with Gasteiger partial charge in [0.25, 0.3) is 5.91 Å². The number of likely N-dealkylation sites (tertiary alicyclic amines) is 1. The highest BCUT2D eigenvalue weighted by atomic mass is 32.1. The van der Waals surface area contributed by atoms with Gasteiger partial charge in [0.1, 0.15) is 23.9 Å². The Morgan fingerprint density at radius 3 is 2.89 bits per heavy atom. The number of aromatic nitrogens is 3. The molecule has 1 aliphatic heterocycles. The zero-order chi connectivity index (χ0) is 26.2. The summed E-state index contributed by atoms with van der Waals surface area (Å²) in [6.45, 7) is 4.78. The van der Waals surface area contributed by atoms with Crippen LogP contribution in [0.25, 0.3) is 0 Å². The molecular formula is C26H31N7O3S. The number of nitrogens with one attached hydrogen (secondary N) is 1. The van der Waals surface area contributed by atoms with Crippen LogP contribution in [0.15, 0.2) is 35.7 Å². The molecule has 0 saturated carbocycles. The van der Waals surface area contributed by atoms with Crippen molar-refractivity contribution in [2.75, 3.05) is 52.3 Å². The maximum atomic E-state index is 12.9. The fourth-order valence-corrected chi connectivity index (χ4v) is 4.96. The van der Waals surface area contributed by atoms with Gasteiger partial charge < -0.3 is 19.7 Å². The summed E-state index contributed by atoms with van der Waals surface area (Å²) in [5, 5.41) is 14.6. The Labute approximate surface area is 220 Å². The number of rotatable bonds is 10. The highest BCUT2D eigenvalue weighted by molar-refractivity contribution is 7.14. The number of anilines is 2. The van der Waals surface area contributed by atoms with Gasteiger partial charge in [-0.05, 0) is 38.4 Å². The van der Waals surface area contributed by atoms with E-state index in [-0.39, 0.29) is 11.8 Å². The molecular weight excluding hydrogens is 490 g/mol. The van der Waals surface area contributed by atoms with E-state index in [1.54, 1.807) is 24.4 Å². The van der Waals surface area contributed by atoms with Crippen LogP contribution in [0.1, 0.15) is 40.8 Å². The first kappa shape index (κ1) is 26.3. The zero-order valence-corrected chi connectivity index (χ0v) is 22.1. The third-order valence-corrected chi connectivity index (χ3v) is 6.89. The number of likely N-dealkylation sites (N-methyl/N-ethyl adjacent to an activating group) is 1. The van der Waals surface area contributed by atoms with Crippen LogP contribution >= 0.6 is 11.3 Å². The normalized spacial score (nSPS) is 15.6. The fourth-order valence-electron chi connectivity index (χ4n) is 4.27. The molecule has 0 bridgehead atoms. The number of hydrogen-bond donors (Lipinski definition) is 1. The number of piperidine rings is 1. The van der Waals surface area contributed by atoms with Crippen LogP contribution in [0.2, 0.25) is 0 Å². The fraction of sp³-hybridized carbons (Fsp3) is 0.423. The zero-order valence-electron chi connectivity index (χ0n) is 21.3. The molecule has 0 radical (unpaired) electrons. The Morgan fingerprint density at radius 2 is 2.11 bits per heavy atom. The Hall–Kier alpha value is -3.75. The van der Waals surface area contributed by atoms with E-state index < -0.39 is 0 Å². The second-order valence-electron chi connectivity index (χ2n) is 8.85. The quantitative estimate of drug-likeness (QED) is 0.397. The molecule has 1 aliphatic rings. The van der Waals surface area contributed by atoms with Gasteiger partial charge in [0.05, 0.1) is 32.0 Å². The molecule has 10 nitrogen and oxygen atoms in total. The van der Waals surface area contributed by atoms with Crippen LogP contribution in [0, 0.1) is 18.3 Å². The van der Waals surface area contributed by atoms with E-state index in [0.717, 1.165) is 31.6 Å². The number of hydrogen-bond acceptors (Lipinski definition) is 10. The lowest BCUT2D eigenvalue weighted by molar-refractivity contribution is 0.0768. The van der Waals surface area contributed by atoms with Gasteiger partial charge >= 0.3 is 0 Å². The molecule has 1 amide bonds. The predicted octanol–water partition coefficient (Wildman–Crippen LogP) is 3.85. The van der Waals surface area contributed by atoms with E-state index in [1.165, 1.54) is 11.3 Å². The van der Waals surface area contributed by atoms with Gasteiger partial charge in [-0.3, -0.25) is 9.69 Å². The smallest absolute Gasteiger partial charge is 0.273 e. The first-order valence-electron chi connectivity index (χ1n) is 12.2. The average Bonchev–Trinajstić information content (AvgIpc) is 3.36. The number of carbonyl (C=O) groups excluding carboxylic acids is 1. The second-order valence-corrected chi connectivity index (χ2v) is 9.70. The number of thiazole rings is 1. The molecule has 194 valence electrons. The molecule has 11 heteroatoms. The van der Waals surface area contributed by atoms with E-state index in [4.69, 9.17) is 14.7 Å². The maximum absolute atomic E-state index is 12.9. The van der Waals surface area contributed by atoms with Crippen molar-refractivity contribution in [3.05, 3.63) is 52.9 Å². The number of amides is 1. The van der Waals surface area contributed by atoms with Crippen LogP contribution in [0.5, 0.6) is 11.5 Å². The van der Waals surface area contributed by atoms with Crippen molar-refractivity contribution in [2.24, 2.45) is 0 Å². The van der Waals surface area contributed by atoms with Gasteiger partial charge in [-0.1, -0.05) is 12.1 Å². The van der Waals surface area contributed by atoms with Gasteiger partial charge in [0.15, 0.2) is 16.6 Å². The monoisotopic (exact) mass is 521 g/mol. The number of nitrogens with zero attached hydrogens (tertiary/aromatic N) is 6. The molecule has 2 aromatic heterocycles. The summed E-state index contributed by atoms with van der Waals surface area (Å²) in [4.78, 5) is 30.3. The van der Waals surface area contributed by atoms with Crippen molar-refractivity contribution in [3.63, 3.8) is 0 Å². The highest BCUT2D eigenvalue weighted by Gasteiger charge is 2.23. The minimum atomic E-state index is -0.188. The SMILES string of the molecule is COc1ccccc1OCCN(C)C(=O)c1csc(Nc2cc([C@@H]3CCCN(CC#N)C3)nc(C)n2)n1. The van der Waals surface area contributed by atoms with Crippen LogP contribution in [0.3, 0.4) is 0 Å². The van der Waals surface area contributed by atoms with Crippen LogP contribution < -0.4 is 14.8 Å². The van der Waals surface area contributed by atoms with E-state index in [1.807, 2.05) is 37.3 Å². The number of aryl methyl sites for hydroxylation is 1. The van der Waals surface area contributed by atoms with E-state index in [9.17, 15) is 4.79 Å². The lowest BCUT2D eigenvalue weighted by Crippen LogP contribution is -2.35. The molecule has 37 heavy (non-hydrogen) atoms. The Bertz CT molecular complexity index is 1260. The molecule has 1 saturated heterocycles. The Kier molecular flexibility index (Phi) is 8.87. The summed E-state index contributed by atoms with van der Waals surface area (Å²) in [5.41, 5.74) is 1.32. The van der Waals surface area contributed by atoms with E-state index >= 15 is 0 Å². The summed E-state index contributed by atoms with van der Waals surface area (Å²) in [6.07, 6.45) is 2.06. The number of methoxy groups -OCH3 is 1. The number of nitriles is 1. The number of para-hydroxylation sites is 2. The van der Waals surface area contributed by atoms with Crippen LogP contribution in [0.4, 0.5) is 10.9 Å². The van der Waals surface area contributed by atoms with Gasteiger partial charge in [0, 0.05) is 31.0 Å². The first-order valence-corrected chi connectivity index (χ1v) is 13.0. The molecule has 1 aromatic carbocycles. The van der Waals surface area contributed by atoms with Gasteiger partial charge in [0.2, 0.25) is 0 Å². The molecule has 3 aromatic rings. The largest absolute Gasteiger partial charge is 0.493 e. The topological polar surface area (TPSA) is 117 Å². The van der Waals surface area contributed by atoms with Crippen molar-refractivity contribution >= 4 is 28.2 Å². The van der Waals surface area contributed by atoms with Gasteiger partial charge in [-0.25, -0.2) is 15.0 Å². The van der Waals surface area contributed by atoms with Gasteiger partial charge in [-0.2, -0.15) is 5.26 Å². The van der Waals surface area contributed by atoms with Crippen molar-refractivity contribution in [1.29, 1.82) is 5.26 Å². The standard InChI is InChI=1S/C26H31N7O3S/c1-18-28-20(19-7-6-11-33(16-19)12-10-27)15-24(29-18)31-26-30-21(17-37-26)25(34)32(2)13-14-36-23-9-5-4-8-22(23)35-3/h4-5,8-9,15,17,19H,6-7,11-14,16H2,1-3H3,(H,28,29,30,31)/t19-/m1/s1.